The number of hydrogen-bond donors (Lipinski definition) is 1. The van der Waals surface area contributed by atoms with Gasteiger partial charge in [0.15, 0.2) is 5.69 Å². The van der Waals surface area contributed by atoms with Crippen LogP contribution in [-0.4, -0.2) is 24.1 Å². The Labute approximate surface area is 148 Å². The minimum Gasteiger partial charge on any atom is -0.272 e. The molecule has 1 aliphatic rings. The molecule has 1 fully saturated rings. The number of benzene rings is 1. The molecule has 0 unspecified atom stereocenters. The Morgan fingerprint density at radius 3 is 2.36 bits per heavy atom. The highest BCUT2D eigenvalue weighted by molar-refractivity contribution is 7.90. The van der Waals surface area contributed by atoms with Gasteiger partial charge in [-0.05, 0) is 49.4 Å². The van der Waals surface area contributed by atoms with Crippen molar-refractivity contribution in [1.82, 2.24) is 14.5 Å². The van der Waals surface area contributed by atoms with Crippen molar-refractivity contribution >= 4 is 15.9 Å². The van der Waals surface area contributed by atoms with Gasteiger partial charge in [0.05, 0.1) is 4.90 Å². The van der Waals surface area contributed by atoms with Gasteiger partial charge in [-0.25, -0.2) is 13.1 Å². The molecule has 1 aliphatic carbocycles. The van der Waals surface area contributed by atoms with Crippen molar-refractivity contribution < 1.29 is 13.2 Å². The monoisotopic (exact) mass is 361 g/mol. The van der Waals surface area contributed by atoms with Crippen molar-refractivity contribution in [3.05, 3.63) is 47.3 Å². The summed E-state index contributed by atoms with van der Waals surface area (Å²) in [6, 6.07) is 8.42. The smallest absolute Gasteiger partial charge is 0.272 e. The summed E-state index contributed by atoms with van der Waals surface area (Å²) < 4.78 is 28.5. The van der Waals surface area contributed by atoms with E-state index in [1.54, 1.807) is 32.2 Å². The van der Waals surface area contributed by atoms with Gasteiger partial charge < -0.3 is 0 Å². The van der Waals surface area contributed by atoms with Gasteiger partial charge in [-0.2, -0.15) is 5.10 Å². The van der Waals surface area contributed by atoms with Crippen LogP contribution in [0.4, 0.5) is 0 Å². The van der Waals surface area contributed by atoms with Crippen molar-refractivity contribution in [1.29, 1.82) is 0 Å². The summed E-state index contributed by atoms with van der Waals surface area (Å²) in [6.45, 7) is 1.79. The molecule has 0 radical (unpaired) electrons. The van der Waals surface area contributed by atoms with E-state index < -0.39 is 15.9 Å². The molecule has 1 N–H and O–H groups in total. The molecule has 0 aliphatic heterocycles. The van der Waals surface area contributed by atoms with Gasteiger partial charge in [0.1, 0.15) is 0 Å². The van der Waals surface area contributed by atoms with Gasteiger partial charge in [-0.15, -0.1) is 0 Å². The molecule has 0 atom stereocenters. The lowest BCUT2D eigenvalue weighted by Gasteiger charge is -2.22. The van der Waals surface area contributed by atoms with E-state index in [4.69, 9.17) is 0 Å². The van der Waals surface area contributed by atoms with Crippen LogP contribution in [0.2, 0.25) is 0 Å². The number of rotatable bonds is 4. The Morgan fingerprint density at radius 1 is 1.16 bits per heavy atom. The lowest BCUT2D eigenvalue weighted by molar-refractivity contribution is 0.0976. The predicted octanol–water partition coefficient (Wildman–Crippen LogP) is 2.89. The van der Waals surface area contributed by atoms with Crippen LogP contribution < -0.4 is 4.72 Å². The number of sulfonamides is 1. The summed E-state index contributed by atoms with van der Waals surface area (Å²) >= 11 is 0. The number of aryl methyl sites for hydroxylation is 2. The number of carbonyl (C=O) groups excluding carboxylic acids is 1. The molecule has 1 aromatic heterocycles. The zero-order valence-electron chi connectivity index (χ0n) is 14.5. The summed E-state index contributed by atoms with van der Waals surface area (Å²) in [5.74, 6) is -0.211. The number of nitrogens with zero attached hydrogens (tertiary/aromatic N) is 2. The molecular weight excluding hydrogens is 338 g/mol. The van der Waals surface area contributed by atoms with Crippen LogP contribution in [0.3, 0.4) is 0 Å². The fourth-order valence-electron chi connectivity index (χ4n) is 3.26. The first-order valence-corrected chi connectivity index (χ1v) is 10.0. The summed E-state index contributed by atoms with van der Waals surface area (Å²) in [4.78, 5) is 12.2. The van der Waals surface area contributed by atoms with E-state index in [9.17, 15) is 13.2 Å². The van der Waals surface area contributed by atoms with Crippen LogP contribution in [0.25, 0.3) is 0 Å². The molecule has 1 heterocycles. The Balaban J connectivity index is 1.74. The Morgan fingerprint density at radius 2 is 1.80 bits per heavy atom. The number of aromatic nitrogens is 2. The second kappa shape index (κ2) is 7.00. The first-order chi connectivity index (χ1) is 11.9. The third kappa shape index (κ3) is 3.92. The zero-order chi connectivity index (χ0) is 18.0. The topological polar surface area (TPSA) is 81.1 Å². The molecule has 0 saturated heterocycles. The lowest BCUT2D eigenvalue weighted by atomic mass is 9.84. The predicted molar refractivity (Wildman–Crippen MR) is 94.9 cm³/mol. The number of amides is 1. The molecule has 7 heteroatoms. The summed E-state index contributed by atoms with van der Waals surface area (Å²) in [6.07, 6.45) is 6.04. The van der Waals surface area contributed by atoms with Gasteiger partial charge in [-0.3, -0.25) is 9.48 Å². The van der Waals surface area contributed by atoms with Crippen LogP contribution >= 0.6 is 0 Å². The third-order valence-corrected chi connectivity index (χ3v) is 6.19. The highest BCUT2D eigenvalue weighted by atomic mass is 32.2. The minimum absolute atomic E-state index is 0.0856. The first-order valence-electron chi connectivity index (χ1n) is 8.54. The fraction of sp³-hybridized carbons (Fsp3) is 0.444. The molecule has 1 amide bonds. The molecule has 2 aromatic rings. The average Bonchev–Trinajstić information content (AvgIpc) is 2.95. The number of hydrogen-bond acceptors (Lipinski definition) is 4. The van der Waals surface area contributed by atoms with Gasteiger partial charge in [-0.1, -0.05) is 31.4 Å². The van der Waals surface area contributed by atoms with Crippen molar-refractivity contribution in [3.8, 4) is 0 Å². The van der Waals surface area contributed by atoms with Gasteiger partial charge in [0, 0.05) is 12.7 Å². The lowest BCUT2D eigenvalue weighted by Crippen LogP contribution is -2.31. The quantitative estimate of drug-likeness (QED) is 0.908. The number of carbonyl (C=O) groups is 1. The van der Waals surface area contributed by atoms with Crippen LogP contribution in [0.15, 0.2) is 35.2 Å². The molecule has 25 heavy (non-hydrogen) atoms. The zero-order valence-corrected chi connectivity index (χ0v) is 15.3. The van der Waals surface area contributed by atoms with Gasteiger partial charge in [0.2, 0.25) is 0 Å². The molecule has 1 saturated carbocycles. The first kappa shape index (κ1) is 17.7. The third-order valence-electron chi connectivity index (χ3n) is 4.84. The van der Waals surface area contributed by atoms with E-state index in [0.29, 0.717) is 5.92 Å². The summed E-state index contributed by atoms with van der Waals surface area (Å²) in [5, 5.41) is 4.00. The Bertz CT molecular complexity index is 844. The van der Waals surface area contributed by atoms with Crippen LogP contribution in [0.1, 0.15) is 59.8 Å². The van der Waals surface area contributed by atoms with Gasteiger partial charge in [0.25, 0.3) is 15.9 Å². The van der Waals surface area contributed by atoms with Crippen LogP contribution in [0, 0.1) is 6.92 Å². The largest absolute Gasteiger partial charge is 0.285 e. The number of nitrogens with one attached hydrogen (secondary N) is 1. The Kier molecular flexibility index (Phi) is 4.94. The molecule has 3 rings (SSSR count). The normalized spacial score (nSPS) is 15.9. The van der Waals surface area contributed by atoms with Crippen LogP contribution in [-0.2, 0) is 17.1 Å². The van der Waals surface area contributed by atoms with E-state index >= 15 is 0 Å². The summed E-state index contributed by atoms with van der Waals surface area (Å²) in [5.41, 5.74) is 2.03. The Hall–Kier alpha value is -2.15. The highest BCUT2D eigenvalue weighted by Crippen LogP contribution is 2.32. The molecule has 0 bridgehead atoms. The second-order valence-electron chi connectivity index (χ2n) is 6.63. The second-order valence-corrected chi connectivity index (χ2v) is 8.32. The SMILES string of the molecule is Cc1cc(C(=O)NS(=O)(=O)c2ccc(C3CCCCC3)cc2)nn1C. The van der Waals surface area contributed by atoms with Gasteiger partial charge >= 0.3 is 0 Å². The molecule has 1 aromatic carbocycles. The maximum absolute atomic E-state index is 12.4. The summed E-state index contributed by atoms with van der Waals surface area (Å²) in [7, 11) is -2.21. The molecule has 6 nitrogen and oxygen atoms in total. The van der Waals surface area contributed by atoms with E-state index in [0.717, 1.165) is 18.5 Å². The van der Waals surface area contributed by atoms with Crippen molar-refractivity contribution in [2.75, 3.05) is 0 Å². The molecule has 0 spiro atoms. The van der Waals surface area contributed by atoms with Crippen molar-refractivity contribution in [2.45, 2.75) is 49.8 Å². The van der Waals surface area contributed by atoms with E-state index in [-0.39, 0.29) is 10.6 Å². The maximum Gasteiger partial charge on any atom is 0.285 e. The van der Waals surface area contributed by atoms with Crippen LogP contribution in [0.5, 0.6) is 0 Å². The molecular formula is C18H23N3O3S. The molecule has 134 valence electrons. The fourth-order valence-corrected chi connectivity index (χ4v) is 4.22. The van der Waals surface area contributed by atoms with E-state index in [1.807, 2.05) is 12.1 Å². The average molecular weight is 361 g/mol. The maximum atomic E-state index is 12.4. The van der Waals surface area contributed by atoms with E-state index in [1.165, 1.54) is 29.5 Å². The van der Waals surface area contributed by atoms with Crippen molar-refractivity contribution in [2.24, 2.45) is 7.05 Å². The minimum atomic E-state index is -3.91. The standard InChI is InChI=1S/C18H23N3O3S/c1-13-12-17(19-21(13)2)18(22)20-25(23,24)16-10-8-15(9-11-16)14-6-4-3-5-7-14/h8-12,14H,3-7H2,1-2H3,(H,20,22). The highest BCUT2D eigenvalue weighted by Gasteiger charge is 2.22. The van der Waals surface area contributed by atoms with Crippen molar-refractivity contribution in [3.63, 3.8) is 0 Å². The van der Waals surface area contributed by atoms with E-state index in [2.05, 4.69) is 9.82 Å².